The van der Waals surface area contributed by atoms with E-state index in [2.05, 4.69) is 72.0 Å². The average molecular weight is 489 g/mol. The van der Waals surface area contributed by atoms with Crippen molar-refractivity contribution in [3.05, 3.63) is 61.2 Å². The molecule has 0 bridgehead atoms. The smallest absolute Gasteiger partial charge is 0.168 e. The topological polar surface area (TPSA) is 122 Å². The Balaban J connectivity index is 0.000000452. The van der Waals surface area contributed by atoms with E-state index in [-0.39, 0.29) is 12.8 Å². The van der Waals surface area contributed by atoms with Crippen LogP contribution in [0.3, 0.4) is 0 Å². The SMILES string of the molecule is CCCC[n+]1ccccc1.CCCC[n+]1ccccc1.O=S(=O)([O-])CCCCS(=O)(=O)[O-]. The molecule has 0 aliphatic heterocycles. The Morgan fingerprint density at radius 3 is 1.12 bits per heavy atom. The number of hydrogen-bond donors (Lipinski definition) is 0. The van der Waals surface area contributed by atoms with Crippen LogP contribution in [-0.4, -0.2) is 37.4 Å². The van der Waals surface area contributed by atoms with Crippen LogP contribution in [0.15, 0.2) is 61.2 Å². The van der Waals surface area contributed by atoms with Gasteiger partial charge in [0.05, 0.1) is 20.2 Å². The molecule has 0 spiro atoms. The van der Waals surface area contributed by atoms with Gasteiger partial charge in [-0.05, 0) is 12.8 Å². The molecule has 0 N–H and O–H groups in total. The third kappa shape index (κ3) is 21.4. The summed E-state index contributed by atoms with van der Waals surface area (Å²) < 4.78 is 64.3. The monoisotopic (exact) mass is 488 g/mol. The summed E-state index contributed by atoms with van der Waals surface area (Å²) >= 11 is 0. The molecule has 0 saturated heterocycles. The predicted octanol–water partition coefficient (Wildman–Crippen LogP) is 2.41. The number of pyridine rings is 2. The molecule has 2 aromatic heterocycles. The summed E-state index contributed by atoms with van der Waals surface area (Å²) in [7, 11) is -8.58. The van der Waals surface area contributed by atoms with E-state index in [1.807, 2.05) is 12.1 Å². The lowest BCUT2D eigenvalue weighted by atomic mass is 10.3. The Morgan fingerprint density at radius 1 is 0.562 bits per heavy atom. The molecule has 0 aliphatic carbocycles. The zero-order chi connectivity index (χ0) is 24.3. The molecule has 0 atom stereocenters. The summed E-state index contributed by atoms with van der Waals surface area (Å²) in [4.78, 5) is 0. The maximum atomic E-state index is 9.97. The molecule has 0 aromatic carbocycles. The van der Waals surface area contributed by atoms with Crippen LogP contribution < -0.4 is 9.13 Å². The Bertz CT molecular complexity index is 828. The highest BCUT2D eigenvalue weighted by Crippen LogP contribution is 1.96. The van der Waals surface area contributed by atoms with E-state index in [1.165, 1.54) is 25.7 Å². The Hall–Kier alpha value is -1.88. The molecule has 0 saturated carbocycles. The molecule has 2 rings (SSSR count). The van der Waals surface area contributed by atoms with E-state index < -0.39 is 31.7 Å². The largest absolute Gasteiger partial charge is 0.748 e. The first-order chi connectivity index (χ1) is 15.1. The average Bonchev–Trinajstić information content (AvgIpc) is 2.75. The van der Waals surface area contributed by atoms with Crippen molar-refractivity contribution >= 4 is 20.2 Å². The van der Waals surface area contributed by atoms with Crippen LogP contribution in [0, 0.1) is 0 Å². The van der Waals surface area contributed by atoms with Crippen LogP contribution in [0.2, 0.25) is 0 Å². The van der Waals surface area contributed by atoms with E-state index in [4.69, 9.17) is 0 Å². The number of rotatable bonds is 11. The fraction of sp³-hybridized carbons (Fsp3) is 0.545. The van der Waals surface area contributed by atoms with Crippen LogP contribution in [0.4, 0.5) is 0 Å². The van der Waals surface area contributed by atoms with Gasteiger partial charge in [-0.1, -0.05) is 38.8 Å². The standard InChI is InChI=1S/2C9H14N.C4H10O6S2/c2*1-2-3-7-10-8-5-4-6-9-10;5-11(6,7)3-1-2-4-12(8,9)10/h2*4-6,8-9H,2-3,7H2,1H3;1-4H2,(H,5,6,7)(H,8,9,10)/q2*+1;/p-2. The Labute approximate surface area is 193 Å². The second kappa shape index (κ2) is 17.6. The van der Waals surface area contributed by atoms with Crippen molar-refractivity contribution in [1.29, 1.82) is 0 Å². The summed E-state index contributed by atoms with van der Waals surface area (Å²) in [6, 6.07) is 12.3. The minimum Gasteiger partial charge on any atom is -0.748 e. The molecule has 32 heavy (non-hydrogen) atoms. The second-order valence-corrected chi connectivity index (χ2v) is 10.2. The van der Waals surface area contributed by atoms with Crippen molar-refractivity contribution in [3.8, 4) is 0 Å². The molecule has 182 valence electrons. The van der Waals surface area contributed by atoms with E-state index in [0.717, 1.165) is 13.1 Å². The van der Waals surface area contributed by atoms with Crippen molar-refractivity contribution in [2.24, 2.45) is 0 Å². The van der Waals surface area contributed by atoms with Gasteiger partial charge in [0.1, 0.15) is 13.1 Å². The lowest BCUT2D eigenvalue weighted by molar-refractivity contribution is -0.697. The maximum absolute atomic E-state index is 9.97. The van der Waals surface area contributed by atoms with Gasteiger partial charge in [-0.25, -0.2) is 26.0 Å². The van der Waals surface area contributed by atoms with Crippen LogP contribution in [0.25, 0.3) is 0 Å². The van der Waals surface area contributed by atoms with Gasteiger partial charge < -0.3 is 9.11 Å². The summed E-state index contributed by atoms with van der Waals surface area (Å²) in [6.07, 6.45) is 13.3. The number of nitrogens with zero attached hydrogens (tertiary/aromatic N) is 2. The molecule has 2 aromatic rings. The summed E-state index contributed by atoms with van der Waals surface area (Å²) in [5.41, 5.74) is 0. The van der Waals surface area contributed by atoms with Crippen LogP contribution in [-0.2, 0) is 33.3 Å². The molecule has 2 heterocycles. The zero-order valence-electron chi connectivity index (χ0n) is 19.0. The zero-order valence-corrected chi connectivity index (χ0v) is 20.6. The molecular weight excluding hydrogens is 452 g/mol. The normalized spacial score (nSPS) is 11.0. The first-order valence-corrected chi connectivity index (χ1v) is 14.0. The fourth-order valence-electron chi connectivity index (χ4n) is 2.41. The highest BCUT2D eigenvalue weighted by atomic mass is 32.2. The van der Waals surface area contributed by atoms with Crippen molar-refractivity contribution in [1.82, 2.24) is 0 Å². The lowest BCUT2D eigenvalue weighted by Gasteiger charge is -2.07. The van der Waals surface area contributed by atoms with Gasteiger partial charge in [-0.3, -0.25) is 0 Å². The molecule has 10 heteroatoms. The molecule has 0 fully saturated rings. The van der Waals surface area contributed by atoms with Crippen molar-refractivity contribution in [3.63, 3.8) is 0 Å². The molecule has 0 aliphatic rings. The number of aromatic nitrogens is 2. The van der Waals surface area contributed by atoms with Gasteiger partial charge in [0, 0.05) is 48.6 Å². The molecule has 8 nitrogen and oxygen atoms in total. The maximum Gasteiger partial charge on any atom is 0.168 e. The van der Waals surface area contributed by atoms with Crippen molar-refractivity contribution in [2.45, 2.75) is 65.5 Å². The summed E-state index contributed by atoms with van der Waals surface area (Å²) in [6.45, 7) is 6.72. The summed E-state index contributed by atoms with van der Waals surface area (Å²) in [5.74, 6) is -1.24. The van der Waals surface area contributed by atoms with E-state index in [0.29, 0.717) is 0 Å². The predicted molar refractivity (Wildman–Crippen MR) is 121 cm³/mol. The number of hydrogen-bond acceptors (Lipinski definition) is 6. The number of aryl methyl sites for hydroxylation is 2. The Kier molecular flexibility index (Phi) is 16.6. The highest BCUT2D eigenvalue weighted by Gasteiger charge is 1.98. The first kappa shape index (κ1) is 30.1. The van der Waals surface area contributed by atoms with Gasteiger partial charge >= 0.3 is 0 Å². The molecule has 0 radical (unpaired) electrons. The highest BCUT2D eigenvalue weighted by molar-refractivity contribution is 7.86. The Morgan fingerprint density at radius 2 is 0.875 bits per heavy atom. The second-order valence-electron chi connectivity index (χ2n) is 7.16. The van der Waals surface area contributed by atoms with Crippen molar-refractivity contribution in [2.75, 3.05) is 11.5 Å². The third-order valence-corrected chi connectivity index (χ3v) is 5.71. The number of unbranched alkanes of at least 4 members (excludes halogenated alkanes) is 3. The van der Waals surface area contributed by atoms with E-state index in [1.54, 1.807) is 0 Å². The quantitative estimate of drug-likeness (QED) is 0.272. The van der Waals surface area contributed by atoms with Gasteiger partial charge in [-0.2, -0.15) is 0 Å². The molecule has 0 amide bonds. The minimum atomic E-state index is -4.29. The van der Waals surface area contributed by atoms with Gasteiger partial charge in [0.2, 0.25) is 0 Å². The summed E-state index contributed by atoms with van der Waals surface area (Å²) in [5, 5.41) is 0. The molecule has 0 unspecified atom stereocenters. The van der Waals surface area contributed by atoms with Crippen molar-refractivity contribution < 1.29 is 35.1 Å². The van der Waals surface area contributed by atoms with Gasteiger partial charge in [0.15, 0.2) is 24.8 Å². The third-order valence-electron chi connectivity index (χ3n) is 4.13. The van der Waals surface area contributed by atoms with Crippen LogP contribution >= 0.6 is 0 Å². The molecular formula is C22H36N2O6S2. The van der Waals surface area contributed by atoms with Crippen LogP contribution in [0.5, 0.6) is 0 Å². The minimum absolute atomic E-state index is 0.0900. The van der Waals surface area contributed by atoms with E-state index >= 15 is 0 Å². The van der Waals surface area contributed by atoms with Crippen LogP contribution in [0.1, 0.15) is 52.4 Å². The van der Waals surface area contributed by atoms with E-state index in [9.17, 15) is 25.9 Å². The van der Waals surface area contributed by atoms with Gasteiger partial charge in [-0.15, -0.1) is 0 Å². The lowest BCUT2D eigenvalue weighted by Crippen LogP contribution is -2.31. The first-order valence-electron chi connectivity index (χ1n) is 10.8. The fourth-order valence-corrected chi connectivity index (χ4v) is 3.52. The van der Waals surface area contributed by atoms with Gasteiger partial charge in [0.25, 0.3) is 0 Å².